The van der Waals surface area contributed by atoms with E-state index < -0.39 is 5.60 Å². The van der Waals surface area contributed by atoms with E-state index in [1.807, 2.05) is 32.4 Å². The van der Waals surface area contributed by atoms with Gasteiger partial charge in [0.05, 0.1) is 5.92 Å². The molecule has 1 saturated heterocycles. The summed E-state index contributed by atoms with van der Waals surface area (Å²) in [4.78, 5) is 13.6. The third kappa shape index (κ3) is 4.29. The smallest absolute Gasteiger partial charge is 0.410 e. The predicted molar refractivity (Wildman–Crippen MR) is 87.6 cm³/mol. The Hall–Kier alpha value is -0.950. The number of hydrogen-bond donors (Lipinski definition) is 0. The number of carbonyl (C=O) groups is 1. The molecule has 0 spiro atoms. The highest BCUT2D eigenvalue weighted by molar-refractivity contribution is 7.99. The fraction of sp³-hybridized carbons (Fsp3) is 0.786. The average molecular weight is 347 g/mol. The molecule has 1 aliphatic rings. The van der Waals surface area contributed by atoms with E-state index in [2.05, 4.69) is 10.2 Å². The molecule has 0 atom stereocenters. The van der Waals surface area contributed by atoms with Gasteiger partial charge in [-0.05, 0) is 27.2 Å². The topological polar surface area (TPSA) is 60.2 Å². The van der Waals surface area contributed by atoms with E-state index >= 15 is 0 Å². The van der Waals surface area contributed by atoms with Crippen LogP contribution in [0.15, 0.2) is 5.16 Å². The maximum absolute atomic E-state index is 11.9. The maximum Gasteiger partial charge on any atom is 0.410 e. The summed E-state index contributed by atoms with van der Waals surface area (Å²) in [5.41, 5.74) is -0.459. The molecular formula is C14H23ClN4O2S. The Morgan fingerprint density at radius 1 is 1.41 bits per heavy atom. The first-order valence-electron chi connectivity index (χ1n) is 7.38. The van der Waals surface area contributed by atoms with Crippen molar-refractivity contribution < 1.29 is 9.53 Å². The predicted octanol–water partition coefficient (Wildman–Crippen LogP) is 2.87. The minimum absolute atomic E-state index is 0.229. The molecule has 1 amide bonds. The summed E-state index contributed by atoms with van der Waals surface area (Å²) in [5.74, 6) is 2.75. The van der Waals surface area contributed by atoms with Crippen LogP contribution in [0, 0.1) is 0 Å². The molecule has 22 heavy (non-hydrogen) atoms. The second kappa shape index (κ2) is 7.08. The fourth-order valence-electron chi connectivity index (χ4n) is 2.14. The van der Waals surface area contributed by atoms with E-state index in [0.717, 1.165) is 23.2 Å². The Bertz CT molecular complexity index is 523. The third-order valence-corrected chi connectivity index (χ3v) is 4.65. The Labute approximate surface area is 140 Å². The van der Waals surface area contributed by atoms with Crippen LogP contribution in [0.2, 0.25) is 0 Å². The van der Waals surface area contributed by atoms with E-state index in [4.69, 9.17) is 16.3 Å². The quantitative estimate of drug-likeness (QED) is 0.466. The number of likely N-dealkylation sites (tertiary alicyclic amines) is 1. The number of halogens is 1. The first-order valence-corrected chi connectivity index (χ1v) is 8.90. The Balaban J connectivity index is 1.87. The van der Waals surface area contributed by atoms with Crippen molar-refractivity contribution >= 4 is 29.5 Å². The van der Waals surface area contributed by atoms with Gasteiger partial charge in [-0.3, -0.25) is 0 Å². The lowest BCUT2D eigenvalue weighted by Crippen LogP contribution is -2.50. The third-order valence-electron chi connectivity index (χ3n) is 3.28. The van der Waals surface area contributed by atoms with E-state index in [9.17, 15) is 4.79 Å². The molecule has 1 aromatic rings. The molecule has 2 heterocycles. The lowest BCUT2D eigenvalue weighted by Gasteiger charge is -2.39. The number of aromatic nitrogens is 3. The second-order valence-electron chi connectivity index (χ2n) is 6.37. The minimum Gasteiger partial charge on any atom is -0.444 e. The lowest BCUT2D eigenvalue weighted by atomic mass is 10.00. The Morgan fingerprint density at radius 3 is 2.68 bits per heavy atom. The van der Waals surface area contributed by atoms with Gasteiger partial charge >= 0.3 is 6.09 Å². The zero-order valence-corrected chi connectivity index (χ0v) is 15.1. The van der Waals surface area contributed by atoms with Crippen molar-refractivity contribution in [3.05, 3.63) is 5.82 Å². The monoisotopic (exact) mass is 346 g/mol. The summed E-state index contributed by atoms with van der Waals surface area (Å²) in [6, 6.07) is 0. The van der Waals surface area contributed by atoms with Crippen LogP contribution in [0.1, 0.15) is 38.9 Å². The highest BCUT2D eigenvalue weighted by atomic mass is 35.5. The van der Waals surface area contributed by atoms with Crippen LogP contribution in [0.25, 0.3) is 0 Å². The number of ether oxygens (including phenoxy) is 1. The van der Waals surface area contributed by atoms with Gasteiger partial charge in [-0.1, -0.05) is 11.8 Å². The normalized spacial score (nSPS) is 15.8. The van der Waals surface area contributed by atoms with Gasteiger partial charge < -0.3 is 14.2 Å². The van der Waals surface area contributed by atoms with Crippen molar-refractivity contribution in [1.82, 2.24) is 19.7 Å². The van der Waals surface area contributed by atoms with E-state index in [1.54, 1.807) is 16.7 Å². The molecule has 0 aliphatic carbocycles. The number of rotatable bonds is 5. The van der Waals surface area contributed by atoms with Crippen molar-refractivity contribution in [2.75, 3.05) is 24.7 Å². The van der Waals surface area contributed by atoms with Gasteiger partial charge in [0.15, 0.2) is 5.16 Å². The van der Waals surface area contributed by atoms with Crippen LogP contribution in [-0.2, 0) is 11.8 Å². The molecule has 8 heteroatoms. The molecule has 1 aliphatic heterocycles. The molecule has 0 aromatic carbocycles. The number of amides is 1. The van der Waals surface area contributed by atoms with E-state index in [-0.39, 0.29) is 12.0 Å². The second-order valence-corrected chi connectivity index (χ2v) is 7.81. The highest BCUT2D eigenvalue weighted by Crippen LogP contribution is 2.29. The molecule has 0 bridgehead atoms. The molecule has 6 nitrogen and oxygen atoms in total. The summed E-state index contributed by atoms with van der Waals surface area (Å²) in [5, 5.41) is 9.38. The summed E-state index contributed by atoms with van der Waals surface area (Å²) < 4.78 is 7.36. The number of alkyl halides is 1. The summed E-state index contributed by atoms with van der Waals surface area (Å²) >= 11 is 7.34. The SMILES string of the molecule is Cn1c(SCCCCl)nnc1C1CN(C(=O)OC(C)(C)C)C1. The average Bonchev–Trinajstić information content (AvgIpc) is 2.68. The van der Waals surface area contributed by atoms with Crippen LogP contribution >= 0.6 is 23.4 Å². The standard InChI is InChI=1S/C14H23ClN4O2S/c1-14(2,3)21-13(20)19-8-10(9-19)11-16-17-12(18(11)4)22-7-5-6-15/h10H,5-9H2,1-4H3. The molecular weight excluding hydrogens is 324 g/mol. The summed E-state index contributed by atoms with van der Waals surface area (Å²) in [6.07, 6.45) is 0.687. The molecule has 0 N–H and O–H groups in total. The fourth-order valence-corrected chi connectivity index (χ4v) is 3.29. The molecule has 1 aromatic heterocycles. The zero-order chi connectivity index (χ0) is 16.3. The van der Waals surface area contributed by atoms with Crippen LogP contribution in [-0.4, -0.2) is 56.1 Å². The molecule has 0 radical (unpaired) electrons. The minimum atomic E-state index is -0.459. The van der Waals surface area contributed by atoms with Crippen molar-refractivity contribution in [2.24, 2.45) is 7.05 Å². The molecule has 1 fully saturated rings. The maximum atomic E-state index is 11.9. The van der Waals surface area contributed by atoms with Crippen LogP contribution in [0.3, 0.4) is 0 Å². The van der Waals surface area contributed by atoms with Crippen LogP contribution < -0.4 is 0 Å². The number of nitrogens with zero attached hydrogens (tertiary/aromatic N) is 4. The Morgan fingerprint density at radius 2 is 2.09 bits per heavy atom. The zero-order valence-electron chi connectivity index (χ0n) is 13.5. The van der Waals surface area contributed by atoms with Gasteiger partial charge in [0, 0.05) is 31.8 Å². The van der Waals surface area contributed by atoms with Crippen LogP contribution in [0.4, 0.5) is 4.79 Å². The number of carbonyl (C=O) groups excluding carboxylic acids is 1. The van der Waals surface area contributed by atoms with E-state index in [1.165, 1.54) is 0 Å². The molecule has 0 saturated carbocycles. The van der Waals surface area contributed by atoms with Crippen molar-refractivity contribution in [3.8, 4) is 0 Å². The van der Waals surface area contributed by atoms with Gasteiger partial charge in [0.25, 0.3) is 0 Å². The van der Waals surface area contributed by atoms with Gasteiger partial charge in [0.2, 0.25) is 0 Å². The number of thioether (sulfide) groups is 1. The Kier molecular flexibility index (Phi) is 5.60. The molecule has 124 valence electrons. The first kappa shape index (κ1) is 17.4. The summed E-state index contributed by atoms with van der Waals surface area (Å²) in [6.45, 7) is 6.88. The number of hydrogen-bond acceptors (Lipinski definition) is 5. The highest BCUT2D eigenvalue weighted by Gasteiger charge is 2.37. The summed E-state index contributed by atoms with van der Waals surface area (Å²) in [7, 11) is 1.97. The van der Waals surface area contributed by atoms with Gasteiger partial charge in [-0.2, -0.15) is 0 Å². The van der Waals surface area contributed by atoms with E-state index in [0.29, 0.717) is 19.0 Å². The largest absolute Gasteiger partial charge is 0.444 e. The van der Waals surface area contributed by atoms with Gasteiger partial charge in [-0.15, -0.1) is 21.8 Å². The van der Waals surface area contributed by atoms with Crippen molar-refractivity contribution in [1.29, 1.82) is 0 Å². The van der Waals surface area contributed by atoms with Crippen molar-refractivity contribution in [3.63, 3.8) is 0 Å². The molecule has 0 unspecified atom stereocenters. The van der Waals surface area contributed by atoms with Crippen molar-refractivity contribution in [2.45, 2.75) is 43.9 Å². The van der Waals surface area contributed by atoms with Gasteiger partial charge in [0.1, 0.15) is 11.4 Å². The van der Waals surface area contributed by atoms with Gasteiger partial charge in [-0.25, -0.2) is 4.79 Å². The molecule has 2 rings (SSSR count). The lowest BCUT2D eigenvalue weighted by molar-refractivity contribution is 0.00723. The first-order chi connectivity index (χ1) is 10.3. The van der Waals surface area contributed by atoms with Crippen LogP contribution in [0.5, 0.6) is 0 Å².